The quantitative estimate of drug-likeness (QED) is 0.925. The predicted molar refractivity (Wildman–Crippen MR) is 73.5 cm³/mol. The molecule has 1 aliphatic heterocycles. The lowest BCUT2D eigenvalue weighted by molar-refractivity contribution is -0.137. The maximum Gasteiger partial charge on any atom is 0.417 e. The van der Waals surface area contributed by atoms with Crippen LogP contribution in [0.3, 0.4) is 0 Å². The van der Waals surface area contributed by atoms with Crippen LogP contribution in [0.2, 0.25) is 5.02 Å². The summed E-state index contributed by atoms with van der Waals surface area (Å²) in [5.41, 5.74) is 5.66. The van der Waals surface area contributed by atoms with Crippen LogP contribution in [0.25, 0.3) is 0 Å². The van der Waals surface area contributed by atoms with Gasteiger partial charge in [0.1, 0.15) is 0 Å². The molecule has 0 radical (unpaired) electrons. The molecular weight excluding hydrogens is 289 g/mol. The lowest BCUT2D eigenvalue weighted by Crippen LogP contribution is -2.31. The lowest BCUT2D eigenvalue weighted by Gasteiger charge is -2.23. The van der Waals surface area contributed by atoms with E-state index in [-0.39, 0.29) is 10.4 Å². The molecule has 2 nitrogen and oxygen atoms in total. The number of rotatable bonds is 3. The summed E-state index contributed by atoms with van der Waals surface area (Å²) in [7, 11) is 0. The first-order valence-corrected chi connectivity index (χ1v) is 6.89. The van der Waals surface area contributed by atoms with Crippen LogP contribution in [-0.4, -0.2) is 24.5 Å². The Hall–Kier alpha value is -0.780. The molecule has 1 fully saturated rings. The molecule has 1 heterocycles. The second-order valence-electron chi connectivity index (χ2n) is 5.79. The molecule has 1 aromatic carbocycles. The zero-order valence-electron chi connectivity index (χ0n) is 11.3. The van der Waals surface area contributed by atoms with E-state index in [4.69, 9.17) is 17.3 Å². The van der Waals surface area contributed by atoms with Crippen molar-refractivity contribution in [2.45, 2.75) is 26.1 Å². The topological polar surface area (TPSA) is 29.3 Å². The molecule has 0 bridgehead atoms. The van der Waals surface area contributed by atoms with Gasteiger partial charge in [0.05, 0.1) is 10.6 Å². The highest BCUT2D eigenvalue weighted by Gasteiger charge is 2.35. The molecule has 6 heteroatoms. The van der Waals surface area contributed by atoms with Crippen LogP contribution in [0.15, 0.2) is 18.2 Å². The second-order valence-corrected chi connectivity index (χ2v) is 6.19. The van der Waals surface area contributed by atoms with E-state index < -0.39 is 11.7 Å². The van der Waals surface area contributed by atoms with Crippen molar-refractivity contribution >= 4 is 11.6 Å². The van der Waals surface area contributed by atoms with Gasteiger partial charge >= 0.3 is 6.18 Å². The average molecular weight is 307 g/mol. The first kappa shape index (κ1) is 15.6. The summed E-state index contributed by atoms with van der Waals surface area (Å²) < 4.78 is 38.4. The van der Waals surface area contributed by atoms with Gasteiger partial charge in [-0.3, -0.25) is 4.90 Å². The molecule has 0 aromatic heterocycles. The van der Waals surface area contributed by atoms with Crippen molar-refractivity contribution in [1.82, 2.24) is 4.90 Å². The number of benzene rings is 1. The van der Waals surface area contributed by atoms with Crippen LogP contribution in [0.1, 0.15) is 24.5 Å². The Morgan fingerprint density at radius 3 is 2.65 bits per heavy atom. The van der Waals surface area contributed by atoms with Crippen molar-refractivity contribution in [3.8, 4) is 0 Å². The molecule has 0 spiro atoms. The third-order valence-corrected chi connectivity index (χ3v) is 4.20. The zero-order chi connectivity index (χ0) is 15.0. The van der Waals surface area contributed by atoms with Gasteiger partial charge in [0.15, 0.2) is 0 Å². The van der Waals surface area contributed by atoms with Crippen molar-refractivity contribution < 1.29 is 13.2 Å². The Kier molecular flexibility index (Phi) is 4.33. The molecule has 0 aliphatic carbocycles. The minimum absolute atomic E-state index is 0.0687. The summed E-state index contributed by atoms with van der Waals surface area (Å²) in [4.78, 5) is 2.14. The number of nitrogens with zero attached hydrogens (tertiary/aromatic N) is 1. The largest absolute Gasteiger partial charge is 0.417 e. The third-order valence-electron chi connectivity index (χ3n) is 3.87. The molecule has 0 amide bonds. The minimum Gasteiger partial charge on any atom is -0.330 e. The smallest absolute Gasteiger partial charge is 0.330 e. The van der Waals surface area contributed by atoms with Crippen LogP contribution in [-0.2, 0) is 12.7 Å². The maximum absolute atomic E-state index is 12.8. The number of halogens is 4. The van der Waals surface area contributed by atoms with E-state index in [0.29, 0.717) is 18.7 Å². The molecule has 20 heavy (non-hydrogen) atoms. The maximum atomic E-state index is 12.8. The highest BCUT2D eigenvalue weighted by Crippen LogP contribution is 2.36. The van der Waals surface area contributed by atoms with Crippen LogP contribution in [0, 0.1) is 5.41 Å². The van der Waals surface area contributed by atoms with Crippen molar-refractivity contribution in [2.75, 3.05) is 19.6 Å². The summed E-state index contributed by atoms with van der Waals surface area (Å²) in [6, 6.07) is 4.11. The van der Waals surface area contributed by atoms with Gasteiger partial charge in [0.2, 0.25) is 0 Å². The van der Waals surface area contributed by atoms with E-state index in [9.17, 15) is 13.2 Å². The summed E-state index contributed by atoms with van der Waals surface area (Å²) in [5, 5.41) is -0.255. The van der Waals surface area contributed by atoms with Gasteiger partial charge in [-0.05, 0) is 42.6 Å². The number of nitrogens with two attached hydrogens (primary N) is 1. The highest BCUT2D eigenvalue weighted by molar-refractivity contribution is 6.31. The van der Waals surface area contributed by atoms with E-state index in [1.807, 2.05) is 0 Å². The summed E-state index contributed by atoms with van der Waals surface area (Å²) in [6.07, 6.45) is -3.44. The number of hydrogen-bond acceptors (Lipinski definition) is 2. The summed E-state index contributed by atoms with van der Waals surface area (Å²) in [5.74, 6) is 0. The van der Waals surface area contributed by atoms with Crippen LogP contribution >= 0.6 is 11.6 Å². The normalized spacial score (nSPS) is 24.3. The fourth-order valence-corrected chi connectivity index (χ4v) is 2.80. The van der Waals surface area contributed by atoms with Gasteiger partial charge in [-0.1, -0.05) is 24.6 Å². The fourth-order valence-electron chi connectivity index (χ4n) is 2.57. The summed E-state index contributed by atoms with van der Waals surface area (Å²) in [6.45, 7) is 4.87. The highest BCUT2D eigenvalue weighted by atomic mass is 35.5. The molecule has 1 saturated heterocycles. The first-order chi connectivity index (χ1) is 9.23. The molecule has 2 rings (SSSR count). The average Bonchev–Trinajstić information content (AvgIpc) is 2.73. The number of alkyl halides is 3. The standard InChI is InChI=1S/C14H18ClF3N2/c1-13(8-19)4-5-20(9-13)7-10-2-3-12(15)11(6-10)14(16,17)18/h2-3,6H,4-5,7-9,19H2,1H3. The van der Waals surface area contributed by atoms with Gasteiger partial charge in [0, 0.05) is 13.1 Å². The van der Waals surface area contributed by atoms with E-state index in [1.54, 1.807) is 6.07 Å². The number of likely N-dealkylation sites (tertiary alicyclic amines) is 1. The second kappa shape index (κ2) is 5.54. The SMILES string of the molecule is CC1(CN)CCN(Cc2ccc(Cl)c(C(F)(F)F)c2)C1. The van der Waals surface area contributed by atoms with E-state index in [1.165, 1.54) is 6.07 Å². The van der Waals surface area contributed by atoms with Gasteiger partial charge in [-0.25, -0.2) is 0 Å². The molecule has 112 valence electrons. The Labute approximate surface area is 121 Å². The van der Waals surface area contributed by atoms with Crippen LogP contribution < -0.4 is 5.73 Å². The van der Waals surface area contributed by atoms with Crippen molar-refractivity contribution in [1.29, 1.82) is 0 Å². The molecule has 1 aromatic rings. The van der Waals surface area contributed by atoms with Crippen molar-refractivity contribution in [3.05, 3.63) is 34.3 Å². The van der Waals surface area contributed by atoms with Crippen molar-refractivity contribution in [3.63, 3.8) is 0 Å². The zero-order valence-corrected chi connectivity index (χ0v) is 12.1. The van der Waals surface area contributed by atoms with Gasteiger partial charge in [-0.2, -0.15) is 13.2 Å². The molecule has 0 saturated carbocycles. The molecule has 1 atom stereocenters. The fraction of sp³-hybridized carbons (Fsp3) is 0.571. The number of hydrogen-bond donors (Lipinski definition) is 1. The molecule has 1 unspecified atom stereocenters. The van der Waals surface area contributed by atoms with Gasteiger partial charge < -0.3 is 5.73 Å². The Balaban J connectivity index is 2.12. The van der Waals surface area contributed by atoms with Crippen LogP contribution in [0.5, 0.6) is 0 Å². The molecule has 1 aliphatic rings. The van der Waals surface area contributed by atoms with Crippen LogP contribution in [0.4, 0.5) is 13.2 Å². The van der Waals surface area contributed by atoms with Crippen molar-refractivity contribution in [2.24, 2.45) is 11.1 Å². The van der Waals surface area contributed by atoms with Gasteiger partial charge in [-0.15, -0.1) is 0 Å². The minimum atomic E-state index is -4.41. The Morgan fingerprint density at radius 2 is 2.10 bits per heavy atom. The monoisotopic (exact) mass is 306 g/mol. The van der Waals surface area contributed by atoms with E-state index >= 15 is 0 Å². The predicted octanol–water partition coefficient (Wildman–Crippen LogP) is 3.53. The third kappa shape index (κ3) is 3.45. The van der Waals surface area contributed by atoms with E-state index in [2.05, 4.69) is 11.8 Å². The summed E-state index contributed by atoms with van der Waals surface area (Å²) >= 11 is 5.62. The van der Waals surface area contributed by atoms with Gasteiger partial charge in [0.25, 0.3) is 0 Å². The first-order valence-electron chi connectivity index (χ1n) is 6.52. The molecular formula is C14H18ClF3N2. The molecule has 2 N–H and O–H groups in total. The lowest BCUT2D eigenvalue weighted by atomic mass is 9.90. The Morgan fingerprint density at radius 1 is 1.40 bits per heavy atom. The van der Waals surface area contributed by atoms with E-state index in [0.717, 1.165) is 25.6 Å². The Bertz CT molecular complexity index is 490.